The van der Waals surface area contributed by atoms with Crippen molar-refractivity contribution in [3.05, 3.63) is 46.5 Å². The van der Waals surface area contributed by atoms with E-state index in [4.69, 9.17) is 28.9 Å². The number of nitrogens with zero attached hydrogens (tertiary/aromatic N) is 2. The predicted molar refractivity (Wildman–Crippen MR) is 72.6 cm³/mol. The van der Waals surface area contributed by atoms with Gasteiger partial charge in [0.1, 0.15) is 0 Å². The van der Waals surface area contributed by atoms with Crippen LogP contribution >= 0.6 is 23.2 Å². The SMILES string of the molecule is C=CCN1C(N)=NCC1c1ccc(Cl)cc1Cl. The van der Waals surface area contributed by atoms with Gasteiger partial charge in [0, 0.05) is 16.6 Å². The third kappa shape index (κ3) is 2.40. The molecule has 1 aliphatic heterocycles. The van der Waals surface area contributed by atoms with Gasteiger partial charge in [-0.05, 0) is 17.7 Å². The van der Waals surface area contributed by atoms with E-state index >= 15 is 0 Å². The number of aliphatic imine (C=N–C) groups is 1. The highest BCUT2D eigenvalue weighted by atomic mass is 35.5. The van der Waals surface area contributed by atoms with Gasteiger partial charge in [-0.3, -0.25) is 4.99 Å². The number of hydrogen-bond acceptors (Lipinski definition) is 3. The number of guanidine groups is 1. The van der Waals surface area contributed by atoms with E-state index in [0.717, 1.165) is 5.56 Å². The fraction of sp³-hybridized carbons (Fsp3) is 0.250. The van der Waals surface area contributed by atoms with Gasteiger partial charge in [-0.2, -0.15) is 0 Å². The minimum atomic E-state index is 0.0674. The molecular formula is C12H13Cl2N3. The normalized spacial score (nSPS) is 19.3. The van der Waals surface area contributed by atoms with Crippen molar-refractivity contribution in [2.75, 3.05) is 13.1 Å². The van der Waals surface area contributed by atoms with E-state index in [0.29, 0.717) is 29.1 Å². The monoisotopic (exact) mass is 269 g/mol. The van der Waals surface area contributed by atoms with Gasteiger partial charge in [0.2, 0.25) is 0 Å². The van der Waals surface area contributed by atoms with E-state index in [2.05, 4.69) is 11.6 Å². The molecular weight excluding hydrogens is 257 g/mol. The third-order valence-corrected chi connectivity index (χ3v) is 3.31. The van der Waals surface area contributed by atoms with Crippen LogP contribution in [0.15, 0.2) is 35.8 Å². The van der Waals surface area contributed by atoms with Gasteiger partial charge >= 0.3 is 0 Å². The Hall–Kier alpha value is -1.19. The molecule has 0 fully saturated rings. The van der Waals surface area contributed by atoms with Crippen LogP contribution < -0.4 is 5.73 Å². The molecule has 0 spiro atoms. The van der Waals surface area contributed by atoms with Crippen molar-refractivity contribution in [2.45, 2.75) is 6.04 Å². The van der Waals surface area contributed by atoms with Gasteiger partial charge in [-0.25, -0.2) is 0 Å². The van der Waals surface area contributed by atoms with Crippen molar-refractivity contribution >= 4 is 29.2 Å². The van der Waals surface area contributed by atoms with Crippen LogP contribution in [0.4, 0.5) is 0 Å². The lowest BCUT2D eigenvalue weighted by Crippen LogP contribution is -2.36. The maximum absolute atomic E-state index is 6.19. The lowest BCUT2D eigenvalue weighted by atomic mass is 10.1. The van der Waals surface area contributed by atoms with Crippen LogP contribution in [-0.2, 0) is 0 Å². The van der Waals surface area contributed by atoms with Crippen molar-refractivity contribution in [1.29, 1.82) is 0 Å². The Kier molecular flexibility index (Phi) is 3.60. The zero-order chi connectivity index (χ0) is 12.4. The van der Waals surface area contributed by atoms with Crippen LogP contribution in [0.5, 0.6) is 0 Å². The van der Waals surface area contributed by atoms with Crippen LogP contribution in [0.2, 0.25) is 10.0 Å². The summed E-state index contributed by atoms with van der Waals surface area (Å²) in [5.41, 5.74) is 6.82. The molecule has 0 radical (unpaired) electrons. The number of hydrogen-bond donors (Lipinski definition) is 1. The average Bonchev–Trinajstić information content (AvgIpc) is 2.62. The van der Waals surface area contributed by atoms with Crippen molar-refractivity contribution in [3.8, 4) is 0 Å². The van der Waals surface area contributed by atoms with Crippen LogP contribution in [0.3, 0.4) is 0 Å². The summed E-state index contributed by atoms with van der Waals surface area (Å²) in [6.45, 7) is 4.98. The molecule has 90 valence electrons. The molecule has 2 N–H and O–H groups in total. The highest BCUT2D eigenvalue weighted by Crippen LogP contribution is 2.32. The first kappa shape index (κ1) is 12.3. The second kappa shape index (κ2) is 4.98. The number of nitrogens with two attached hydrogens (primary N) is 1. The van der Waals surface area contributed by atoms with Gasteiger partial charge in [-0.1, -0.05) is 35.3 Å². The van der Waals surface area contributed by atoms with E-state index in [9.17, 15) is 0 Å². The molecule has 0 bridgehead atoms. The van der Waals surface area contributed by atoms with Gasteiger partial charge in [0.25, 0.3) is 0 Å². The molecule has 2 rings (SSSR count). The van der Waals surface area contributed by atoms with Gasteiger partial charge in [0.05, 0.1) is 12.6 Å². The first-order chi connectivity index (χ1) is 8.13. The molecule has 1 atom stereocenters. The molecule has 17 heavy (non-hydrogen) atoms. The molecule has 0 aliphatic carbocycles. The fourth-order valence-electron chi connectivity index (χ4n) is 1.93. The summed E-state index contributed by atoms with van der Waals surface area (Å²) in [6.07, 6.45) is 1.80. The van der Waals surface area contributed by atoms with Crippen LogP contribution in [0.1, 0.15) is 11.6 Å². The minimum absolute atomic E-state index is 0.0674. The second-order valence-corrected chi connectivity index (χ2v) is 4.67. The standard InChI is InChI=1S/C12H13Cl2N3/c1-2-5-17-11(7-16-12(17)15)9-4-3-8(13)6-10(9)14/h2-4,6,11H,1,5,7H2,(H2,15,16). The minimum Gasteiger partial charge on any atom is -0.370 e. The summed E-state index contributed by atoms with van der Waals surface area (Å²) >= 11 is 12.1. The lowest BCUT2D eigenvalue weighted by Gasteiger charge is -2.25. The summed E-state index contributed by atoms with van der Waals surface area (Å²) < 4.78 is 0. The summed E-state index contributed by atoms with van der Waals surface area (Å²) in [7, 11) is 0. The third-order valence-electron chi connectivity index (χ3n) is 2.74. The Morgan fingerprint density at radius 1 is 1.53 bits per heavy atom. The van der Waals surface area contributed by atoms with Crippen LogP contribution in [0.25, 0.3) is 0 Å². The van der Waals surface area contributed by atoms with E-state index in [1.807, 2.05) is 17.0 Å². The maximum Gasteiger partial charge on any atom is 0.192 e. The van der Waals surface area contributed by atoms with E-state index in [1.54, 1.807) is 12.1 Å². The van der Waals surface area contributed by atoms with Gasteiger partial charge < -0.3 is 10.6 Å². The smallest absolute Gasteiger partial charge is 0.192 e. The zero-order valence-electron chi connectivity index (χ0n) is 9.24. The number of halogens is 2. The van der Waals surface area contributed by atoms with E-state index < -0.39 is 0 Å². The molecule has 1 aromatic rings. The van der Waals surface area contributed by atoms with E-state index in [1.165, 1.54) is 0 Å². The molecule has 1 aromatic carbocycles. The Labute approximate surface area is 111 Å². The molecule has 0 saturated heterocycles. The largest absolute Gasteiger partial charge is 0.370 e. The zero-order valence-corrected chi connectivity index (χ0v) is 10.7. The Bertz CT molecular complexity index is 471. The topological polar surface area (TPSA) is 41.6 Å². The fourth-order valence-corrected chi connectivity index (χ4v) is 2.46. The molecule has 0 aromatic heterocycles. The highest BCUT2D eigenvalue weighted by molar-refractivity contribution is 6.35. The van der Waals surface area contributed by atoms with Gasteiger partial charge in [0.15, 0.2) is 5.96 Å². The molecule has 0 saturated carbocycles. The molecule has 5 heteroatoms. The molecule has 3 nitrogen and oxygen atoms in total. The second-order valence-electron chi connectivity index (χ2n) is 3.82. The quantitative estimate of drug-likeness (QED) is 0.858. The predicted octanol–water partition coefficient (Wildman–Crippen LogP) is 2.85. The maximum atomic E-state index is 6.19. The molecule has 1 heterocycles. The highest BCUT2D eigenvalue weighted by Gasteiger charge is 2.27. The average molecular weight is 270 g/mol. The molecule has 1 unspecified atom stereocenters. The van der Waals surface area contributed by atoms with Crippen molar-refractivity contribution in [3.63, 3.8) is 0 Å². The van der Waals surface area contributed by atoms with Crippen molar-refractivity contribution in [2.24, 2.45) is 10.7 Å². The van der Waals surface area contributed by atoms with Crippen LogP contribution in [-0.4, -0.2) is 23.9 Å². The molecule has 1 aliphatic rings. The summed E-state index contributed by atoms with van der Waals surface area (Å²) in [6, 6.07) is 5.54. The van der Waals surface area contributed by atoms with Crippen molar-refractivity contribution in [1.82, 2.24) is 4.90 Å². The Morgan fingerprint density at radius 3 is 2.94 bits per heavy atom. The van der Waals surface area contributed by atoms with Crippen LogP contribution in [0, 0.1) is 0 Å². The van der Waals surface area contributed by atoms with Gasteiger partial charge in [-0.15, -0.1) is 6.58 Å². The lowest BCUT2D eigenvalue weighted by molar-refractivity contribution is 0.380. The number of rotatable bonds is 3. The Morgan fingerprint density at radius 2 is 2.29 bits per heavy atom. The number of benzene rings is 1. The summed E-state index contributed by atoms with van der Waals surface area (Å²) in [4.78, 5) is 6.21. The van der Waals surface area contributed by atoms with Crippen molar-refractivity contribution < 1.29 is 0 Å². The van der Waals surface area contributed by atoms with E-state index in [-0.39, 0.29) is 6.04 Å². The summed E-state index contributed by atoms with van der Waals surface area (Å²) in [5, 5.41) is 1.27. The summed E-state index contributed by atoms with van der Waals surface area (Å²) in [5.74, 6) is 0.529. The first-order valence-electron chi connectivity index (χ1n) is 5.26. The molecule has 0 amide bonds. The Balaban J connectivity index is 2.31. The first-order valence-corrected chi connectivity index (χ1v) is 6.01.